The minimum Gasteiger partial charge on any atom is -0.348 e. The van der Waals surface area contributed by atoms with Crippen LogP contribution in [0.3, 0.4) is 0 Å². The SMILES string of the molecule is Cc1cc(C)c(Cc2ncc[nH]2)c(C)c1Cc1ncc[nH]1. The fraction of sp³-hybridized carbons (Fsp3) is 0.294. The molecule has 0 saturated heterocycles. The third kappa shape index (κ3) is 2.75. The molecule has 0 spiro atoms. The lowest BCUT2D eigenvalue weighted by molar-refractivity contribution is 0.958. The Morgan fingerprint density at radius 1 is 0.810 bits per heavy atom. The number of aromatic nitrogens is 4. The first-order valence-electron chi connectivity index (χ1n) is 7.20. The number of hydrogen-bond acceptors (Lipinski definition) is 2. The van der Waals surface area contributed by atoms with E-state index in [1.165, 1.54) is 27.8 Å². The molecular weight excluding hydrogens is 260 g/mol. The van der Waals surface area contributed by atoms with E-state index >= 15 is 0 Å². The number of aryl methyl sites for hydroxylation is 2. The Morgan fingerprint density at radius 3 is 1.67 bits per heavy atom. The van der Waals surface area contributed by atoms with Crippen LogP contribution >= 0.6 is 0 Å². The maximum atomic E-state index is 4.35. The number of nitrogens with one attached hydrogen (secondary N) is 2. The van der Waals surface area contributed by atoms with Gasteiger partial charge in [0, 0.05) is 37.6 Å². The van der Waals surface area contributed by atoms with Gasteiger partial charge in [0.25, 0.3) is 0 Å². The van der Waals surface area contributed by atoms with E-state index in [9.17, 15) is 0 Å². The molecule has 0 radical (unpaired) electrons. The van der Waals surface area contributed by atoms with E-state index in [1.807, 2.05) is 12.4 Å². The second-order valence-electron chi connectivity index (χ2n) is 5.52. The van der Waals surface area contributed by atoms with Gasteiger partial charge in [-0.2, -0.15) is 0 Å². The van der Waals surface area contributed by atoms with Gasteiger partial charge in [0.05, 0.1) is 0 Å². The molecule has 2 heterocycles. The number of hydrogen-bond donors (Lipinski definition) is 2. The van der Waals surface area contributed by atoms with Crippen molar-refractivity contribution in [3.05, 3.63) is 70.3 Å². The summed E-state index contributed by atoms with van der Waals surface area (Å²) in [6.07, 6.45) is 9.04. The van der Waals surface area contributed by atoms with E-state index in [0.717, 1.165) is 24.5 Å². The van der Waals surface area contributed by atoms with E-state index in [-0.39, 0.29) is 0 Å². The molecular formula is C17H20N4. The second-order valence-corrected chi connectivity index (χ2v) is 5.52. The van der Waals surface area contributed by atoms with Gasteiger partial charge in [-0.3, -0.25) is 0 Å². The zero-order valence-corrected chi connectivity index (χ0v) is 12.7. The molecule has 2 N–H and O–H groups in total. The van der Waals surface area contributed by atoms with Gasteiger partial charge in [0.1, 0.15) is 11.6 Å². The third-order valence-electron chi connectivity index (χ3n) is 4.09. The largest absolute Gasteiger partial charge is 0.348 e. The second kappa shape index (κ2) is 5.56. The quantitative estimate of drug-likeness (QED) is 0.771. The molecule has 1 aromatic carbocycles. The van der Waals surface area contributed by atoms with Gasteiger partial charge in [-0.1, -0.05) is 6.07 Å². The number of imidazole rings is 2. The summed E-state index contributed by atoms with van der Waals surface area (Å²) in [5.74, 6) is 2.02. The summed E-state index contributed by atoms with van der Waals surface area (Å²) in [5.41, 5.74) is 6.71. The van der Waals surface area contributed by atoms with Gasteiger partial charge >= 0.3 is 0 Å². The number of rotatable bonds is 4. The Labute approximate surface area is 124 Å². The summed E-state index contributed by atoms with van der Waals surface area (Å²) < 4.78 is 0. The predicted molar refractivity (Wildman–Crippen MR) is 83.4 cm³/mol. The predicted octanol–water partition coefficient (Wildman–Crippen LogP) is 3.24. The zero-order valence-electron chi connectivity index (χ0n) is 12.7. The van der Waals surface area contributed by atoms with Crippen molar-refractivity contribution >= 4 is 0 Å². The minimum atomic E-state index is 0.843. The highest BCUT2D eigenvalue weighted by Crippen LogP contribution is 2.25. The van der Waals surface area contributed by atoms with Crippen LogP contribution < -0.4 is 0 Å². The first-order valence-corrected chi connectivity index (χ1v) is 7.20. The van der Waals surface area contributed by atoms with Crippen LogP contribution in [0, 0.1) is 20.8 Å². The summed E-state index contributed by atoms with van der Waals surface area (Å²) in [6.45, 7) is 6.56. The lowest BCUT2D eigenvalue weighted by Gasteiger charge is -2.16. The molecule has 2 aromatic heterocycles. The van der Waals surface area contributed by atoms with Crippen molar-refractivity contribution in [2.24, 2.45) is 0 Å². The molecule has 3 aromatic rings. The fourth-order valence-electron chi connectivity index (χ4n) is 2.94. The van der Waals surface area contributed by atoms with Crippen LogP contribution in [-0.4, -0.2) is 19.9 Å². The standard InChI is InChI=1S/C17H20N4/c1-11-8-12(2)15(10-17-20-6-7-21-17)13(3)14(11)9-16-18-4-5-19-16/h4-8H,9-10H2,1-3H3,(H,18,19)(H,20,21). The summed E-state index contributed by atoms with van der Waals surface area (Å²) in [7, 11) is 0. The zero-order chi connectivity index (χ0) is 14.8. The van der Waals surface area contributed by atoms with Crippen LogP contribution in [0.1, 0.15) is 39.5 Å². The molecule has 3 rings (SSSR count). The molecule has 0 aliphatic heterocycles. The minimum absolute atomic E-state index is 0.843. The Bertz CT molecular complexity index is 664. The van der Waals surface area contributed by atoms with E-state index in [1.54, 1.807) is 12.4 Å². The molecule has 0 fully saturated rings. The van der Waals surface area contributed by atoms with Gasteiger partial charge in [-0.25, -0.2) is 9.97 Å². The van der Waals surface area contributed by atoms with Crippen molar-refractivity contribution in [1.29, 1.82) is 0 Å². The lowest BCUT2D eigenvalue weighted by atomic mass is 9.90. The molecule has 0 unspecified atom stereocenters. The molecule has 0 bridgehead atoms. The molecule has 0 amide bonds. The first-order chi connectivity index (χ1) is 10.1. The van der Waals surface area contributed by atoms with Gasteiger partial charge in [0.2, 0.25) is 0 Å². The van der Waals surface area contributed by atoms with Crippen molar-refractivity contribution in [1.82, 2.24) is 19.9 Å². The van der Waals surface area contributed by atoms with Gasteiger partial charge in [-0.05, 0) is 48.6 Å². The number of aromatic amines is 2. The molecule has 4 heteroatoms. The first kappa shape index (κ1) is 13.6. The van der Waals surface area contributed by atoms with E-state index in [4.69, 9.17) is 0 Å². The number of H-pyrrole nitrogens is 2. The number of nitrogens with zero attached hydrogens (tertiary/aromatic N) is 2. The van der Waals surface area contributed by atoms with Crippen LogP contribution in [-0.2, 0) is 12.8 Å². The smallest absolute Gasteiger partial charge is 0.110 e. The lowest BCUT2D eigenvalue weighted by Crippen LogP contribution is -2.05. The van der Waals surface area contributed by atoms with Crippen molar-refractivity contribution in [3.8, 4) is 0 Å². The van der Waals surface area contributed by atoms with Gasteiger partial charge in [-0.15, -0.1) is 0 Å². The Balaban J connectivity index is 2.00. The van der Waals surface area contributed by atoms with Crippen molar-refractivity contribution < 1.29 is 0 Å². The topological polar surface area (TPSA) is 57.4 Å². The van der Waals surface area contributed by atoms with Gasteiger partial charge < -0.3 is 9.97 Å². The highest BCUT2D eigenvalue weighted by atomic mass is 14.9. The van der Waals surface area contributed by atoms with Crippen LogP contribution in [0.4, 0.5) is 0 Å². The van der Waals surface area contributed by atoms with Crippen LogP contribution in [0.5, 0.6) is 0 Å². The summed E-state index contributed by atoms with van der Waals surface area (Å²) in [5, 5.41) is 0. The third-order valence-corrected chi connectivity index (χ3v) is 4.09. The molecule has 108 valence electrons. The highest BCUT2D eigenvalue weighted by Gasteiger charge is 2.13. The maximum Gasteiger partial charge on any atom is 0.110 e. The summed E-state index contributed by atoms with van der Waals surface area (Å²) in [6, 6.07) is 2.27. The van der Waals surface area contributed by atoms with Gasteiger partial charge in [0.15, 0.2) is 0 Å². The van der Waals surface area contributed by atoms with Crippen LogP contribution in [0.25, 0.3) is 0 Å². The Hall–Kier alpha value is -2.36. The van der Waals surface area contributed by atoms with Crippen molar-refractivity contribution in [3.63, 3.8) is 0 Å². The Kier molecular flexibility index (Phi) is 3.60. The molecule has 21 heavy (non-hydrogen) atoms. The summed E-state index contributed by atoms with van der Waals surface area (Å²) >= 11 is 0. The number of benzene rings is 1. The molecule has 0 aliphatic rings. The monoisotopic (exact) mass is 280 g/mol. The highest BCUT2D eigenvalue weighted by molar-refractivity contribution is 5.46. The van der Waals surface area contributed by atoms with Crippen LogP contribution in [0.15, 0.2) is 30.9 Å². The maximum absolute atomic E-state index is 4.35. The van der Waals surface area contributed by atoms with Crippen LogP contribution in [0.2, 0.25) is 0 Å². The Morgan fingerprint density at radius 2 is 1.29 bits per heavy atom. The summed E-state index contributed by atoms with van der Waals surface area (Å²) in [4.78, 5) is 15.1. The molecule has 0 saturated carbocycles. The normalized spacial score (nSPS) is 11.0. The van der Waals surface area contributed by atoms with E-state index < -0.39 is 0 Å². The van der Waals surface area contributed by atoms with Crippen molar-refractivity contribution in [2.75, 3.05) is 0 Å². The molecule has 4 nitrogen and oxygen atoms in total. The van der Waals surface area contributed by atoms with Crippen molar-refractivity contribution in [2.45, 2.75) is 33.6 Å². The van der Waals surface area contributed by atoms with E-state index in [0.29, 0.717) is 0 Å². The fourth-order valence-corrected chi connectivity index (χ4v) is 2.94. The van der Waals surface area contributed by atoms with E-state index in [2.05, 4.69) is 46.8 Å². The molecule has 0 atom stereocenters. The molecule has 0 aliphatic carbocycles. The average molecular weight is 280 g/mol. The average Bonchev–Trinajstić information content (AvgIpc) is 3.13.